The third-order valence-corrected chi connectivity index (χ3v) is 22.9. The van der Waals surface area contributed by atoms with Gasteiger partial charge in [0.15, 0.2) is 0 Å². The Labute approximate surface area is 795 Å². The highest BCUT2D eigenvalue weighted by molar-refractivity contribution is 5.94. The van der Waals surface area contributed by atoms with Crippen molar-refractivity contribution in [2.75, 3.05) is 29.0 Å². The van der Waals surface area contributed by atoms with Crippen molar-refractivity contribution >= 4 is 89.0 Å². The van der Waals surface area contributed by atoms with Gasteiger partial charge in [-0.3, -0.25) is 0 Å². The monoisotopic (exact) mass is 1810 g/mol. The fraction of sp³-hybridized carbons (Fsp3) is 0.153. The Morgan fingerprint density at radius 1 is 0.263 bits per heavy atom. The van der Waals surface area contributed by atoms with Crippen LogP contribution in [0.15, 0.2) is 330 Å². The fourth-order valence-electron chi connectivity index (χ4n) is 14.9. The number of hydrogen-bond acceptors (Lipinski definition) is 26. The Morgan fingerprint density at radius 3 is 0.978 bits per heavy atom. The van der Waals surface area contributed by atoms with Crippen LogP contribution in [-0.2, 0) is 0 Å². The quantitative estimate of drug-likeness (QED) is 0.0355. The third kappa shape index (κ3) is 24.4. The summed E-state index contributed by atoms with van der Waals surface area (Å²) in [6.07, 6.45) is 17.0. The molecule has 0 saturated heterocycles. The highest BCUT2D eigenvalue weighted by atomic mass is 16.5. The van der Waals surface area contributed by atoms with E-state index in [2.05, 4.69) is 270 Å². The Balaban J connectivity index is 0.000000124. The van der Waals surface area contributed by atoms with Crippen molar-refractivity contribution in [1.29, 1.82) is 0 Å². The van der Waals surface area contributed by atoms with Crippen molar-refractivity contribution in [3.63, 3.8) is 0 Å². The van der Waals surface area contributed by atoms with Crippen LogP contribution >= 0.6 is 0 Å². The lowest BCUT2D eigenvalue weighted by atomic mass is 9.97. The SMILES string of the molecule is CCCN[C@@H](c1ccc(Oc2ccccc2)cc1)c1ncnc2cc(C)c(C)cc12.CCN[C@@H](c1ccc(Oc2ccccc2)cc1)c1ncnc2cc(C)c(C)cc12.Cc1cc2ncnc(Nc3ccc(Oc4cccnn4)cc3)c2cc1C.Cc1cc2ncnc(Nc3ccc(Oc4ccncn4)cc3)c2cc1C.Cc1cc2ncnc(Nc3ccc(Oc4ccnnc4)cc3)c2cc1C. The molecule has 20 aromatic rings. The molecular formula is C111H103N21O5. The van der Waals surface area contributed by atoms with Crippen LogP contribution in [0.5, 0.6) is 57.8 Å². The van der Waals surface area contributed by atoms with Gasteiger partial charge >= 0.3 is 0 Å². The number of fused-ring (bicyclic) bond motifs is 5. The minimum Gasteiger partial charge on any atom is -0.457 e. The van der Waals surface area contributed by atoms with Gasteiger partial charge < -0.3 is 50.3 Å². The molecule has 0 saturated carbocycles. The molecule has 8 aromatic heterocycles. The van der Waals surface area contributed by atoms with Crippen LogP contribution in [0.2, 0.25) is 0 Å². The van der Waals surface area contributed by atoms with Crippen molar-refractivity contribution < 1.29 is 23.7 Å². The zero-order valence-electron chi connectivity index (χ0n) is 78.1. The van der Waals surface area contributed by atoms with Gasteiger partial charge in [-0.25, -0.2) is 59.8 Å². The highest BCUT2D eigenvalue weighted by Crippen LogP contribution is 2.37. The molecule has 20 rings (SSSR count). The van der Waals surface area contributed by atoms with Gasteiger partial charge in [0.05, 0.1) is 63.4 Å². The molecule has 0 bridgehead atoms. The Bertz CT molecular complexity index is 7030. The van der Waals surface area contributed by atoms with E-state index >= 15 is 0 Å². The van der Waals surface area contributed by atoms with E-state index in [0.717, 1.165) is 160 Å². The highest BCUT2D eigenvalue weighted by Gasteiger charge is 2.22. The van der Waals surface area contributed by atoms with Crippen LogP contribution in [0.4, 0.5) is 34.5 Å². The summed E-state index contributed by atoms with van der Waals surface area (Å²) in [4.78, 5) is 52.5. The predicted molar refractivity (Wildman–Crippen MR) is 542 cm³/mol. The van der Waals surface area contributed by atoms with Crippen molar-refractivity contribution in [2.45, 2.75) is 102 Å². The molecule has 0 aliphatic rings. The topological polar surface area (TPSA) is 313 Å². The standard InChI is InChI=1S/C26H27N3O.C25H25N3O.3C20H17N5O/c1-4-14-27-25(26-23-15-18(2)19(3)16-24(23)28-17-29-26)20-10-12-22(13-11-20)30-21-8-6-5-7-9-21;1-4-26-24(25-22-14-17(2)18(3)15-23(22)27-16-28-25)19-10-12-21(13-11-19)29-20-8-6-5-7-9-20;1-13-9-17-18(10-14(13)2)22-12-24-20(17)25-15-3-5-16(6-4-15)26-19-7-8-21-11-23-19;1-13-9-18-19(10-14(13)2)21-12-22-20(18)25-15-3-5-16(6-4-15)26-17-7-8-23-24-11-17;1-13-10-17-18(11-14(13)2)21-12-22-20(17)24-15-5-7-16(8-6-15)26-19-4-3-9-23-25-19/h5-13,15-17,25,27H,4,14H2,1-3H3;5-16,24,26H,4H2,1-3H3;3-12H,1-2H3,(H,22,24,25);3-12H,1-2H3,(H,21,22,25);3-12H,1-2H3,(H,21,22,24)/t25-;24-;;;/m00.../s1. The Hall–Kier alpha value is -17.1. The van der Waals surface area contributed by atoms with Crippen molar-refractivity contribution in [2.24, 2.45) is 0 Å². The van der Waals surface area contributed by atoms with E-state index in [1.807, 2.05) is 158 Å². The van der Waals surface area contributed by atoms with Crippen LogP contribution in [0.1, 0.15) is 111 Å². The van der Waals surface area contributed by atoms with E-state index in [-0.39, 0.29) is 12.1 Å². The summed E-state index contributed by atoms with van der Waals surface area (Å²) in [6, 6.07) is 87.2. The predicted octanol–water partition coefficient (Wildman–Crippen LogP) is 25.6. The molecule has 26 nitrogen and oxygen atoms in total. The number of ether oxygens (including phenoxy) is 5. The molecule has 0 aliphatic carbocycles. The van der Waals surface area contributed by atoms with Crippen molar-refractivity contribution in [3.8, 4) is 57.8 Å². The summed E-state index contributed by atoms with van der Waals surface area (Å²) in [5, 5.41) is 37.7. The zero-order chi connectivity index (χ0) is 94.9. The maximum absolute atomic E-state index is 5.95. The summed E-state index contributed by atoms with van der Waals surface area (Å²) in [5.41, 5.74) is 24.0. The van der Waals surface area contributed by atoms with Gasteiger partial charge in [0, 0.05) is 74.6 Å². The number of aromatic nitrogens is 16. The van der Waals surface area contributed by atoms with Crippen LogP contribution in [0.3, 0.4) is 0 Å². The minimum absolute atomic E-state index is 0.0108. The second-order valence-electron chi connectivity index (χ2n) is 32.7. The number of para-hydroxylation sites is 2. The molecule has 0 radical (unpaired) electrons. The van der Waals surface area contributed by atoms with Crippen LogP contribution in [0, 0.1) is 69.2 Å². The minimum atomic E-state index is -0.0154. The average molecular weight is 1810 g/mol. The van der Waals surface area contributed by atoms with Crippen molar-refractivity contribution in [1.82, 2.24) is 90.8 Å². The number of nitrogens with one attached hydrogen (secondary N) is 5. The summed E-state index contributed by atoms with van der Waals surface area (Å²) in [7, 11) is 0. The van der Waals surface area contributed by atoms with Gasteiger partial charge in [-0.15, -0.1) is 5.10 Å². The number of benzene rings is 12. The lowest BCUT2D eigenvalue weighted by Crippen LogP contribution is -2.24. The van der Waals surface area contributed by atoms with E-state index in [9.17, 15) is 0 Å². The van der Waals surface area contributed by atoms with E-state index in [1.54, 1.807) is 80.7 Å². The number of nitrogens with zero attached hydrogens (tertiary/aromatic N) is 16. The fourth-order valence-corrected chi connectivity index (χ4v) is 14.9. The van der Waals surface area contributed by atoms with E-state index in [4.69, 9.17) is 28.7 Å². The van der Waals surface area contributed by atoms with E-state index < -0.39 is 0 Å². The summed E-state index contributed by atoms with van der Waals surface area (Å²) >= 11 is 0. The second-order valence-corrected chi connectivity index (χ2v) is 32.7. The largest absolute Gasteiger partial charge is 0.457 e. The summed E-state index contributed by atoms with van der Waals surface area (Å²) in [5.74, 6) is 9.36. The molecule has 0 aliphatic heterocycles. The first kappa shape index (κ1) is 93.1. The van der Waals surface area contributed by atoms with Gasteiger partial charge in [0.25, 0.3) is 0 Å². The van der Waals surface area contributed by atoms with Crippen LogP contribution in [0.25, 0.3) is 54.5 Å². The first-order valence-electron chi connectivity index (χ1n) is 45.0. The summed E-state index contributed by atoms with van der Waals surface area (Å²) in [6.45, 7) is 27.0. The maximum Gasteiger partial charge on any atom is 0.238 e. The van der Waals surface area contributed by atoms with E-state index in [0.29, 0.717) is 29.0 Å². The van der Waals surface area contributed by atoms with Gasteiger partial charge in [0.1, 0.15) is 101 Å². The molecule has 8 heterocycles. The van der Waals surface area contributed by atoms with Crippen molar-refractivity contribution in [3.05, 3.63) is 408 Å². The van der Waals surface area contributed by atoms with Crippen LogP contribution in [-0.4, -0.2) is 93.3 Å². The summed E-state index contributed by atoms with van der Waals surface area (Å²) < 4.78 is 28.9. The lowest BCUT2D eigenvalue weighted by molar-refractivity contribution is 0.455. The molecule has 682 valence electrons. The molecule has 0 fully saturated rings. The zero-order valence-corrected chi connectivity index (χ0v) is 78.1. The second kappa shape index (κ2) is 44.9. The lowest BCUT2D eigenvalue weighted by Gasteiger charge is -2.21. The average Bonchev–Trinajstić information content (AvgIpc) is 0.774. The normalized spacial score (nSPS) is 11.3. The van der Waals surface area contributed by atoms with Gasteiger partial charge in [-0.05, 0) is 344 Å². The molecule has 0 unspecified atom stereocenters. The smallest absolute Gasteiger partial charge is 0.238 e. The van der Waals surface area contributed by atoms with Gasteiger partial charge in [-0.2, -0.15) is 15.3 Å². The van der Waals surface area contributed by atoms with E-state index in [1.165, 1.54) is 62.0 Å². The Kier molecular flexibility index (Phi) is 30.5. The number of rotatable bonds is 25. The molecular weight excluding hydrogens is 1710 g/mol. The first-order valence-corrected chi connectivity index (χ1v) is 45.0. The molecule has 12 aromatic carbocycles. The number of hydrogen-bond donors (Lipinski definition) is 5. The molecule has 0 amide bonds. The molecule has 5 N–H and O–H groups in total. The third-order valence-electron chi connectivity index (χ3n) is 22.9. The molecule has 26 heteroatoms. The van der Waals surface area contributed by atoms with Crippen LogP contribution < -0.4 is 50.3 Å². The molecule has 137 heavy (non-hydrogen) atoms. The number of anilines is 6. The Morgan fingerprint density at radius 2 is 0.613 bits per heavy atom. The van der Waals surface area contributed by atoms with Gasteiger partial charge in [-0.1, -0.05) is 74.5 Å². The first-order chi connectivity index (χ1) is 66.9. The molecule has 0 spiro atoms. The number of aryl methyl sites for hydroxylation is 10. The molecule has 2 atom stereocenters. The van der Waals surface area contributed by atoms with Gasteiger partial charge in [0.2, 0.25) is 11.8 Å². The maximum atomic E-state index is 5.95.